The largest absolute Gasteiger partial charge is 0.300 e. The fraction of sp³-hybridized carbons (Fsp3) is 0.615. The Bertz CT molecular complexity index is 363. The van der Waals surface area contributed by atoms with Gasteiger partial charge in [-0.2, -0.15) is 0 Å². The predicted molar refractivity (Wildman–Crippen MR) is 63.0 cm³/mol. The number of hydrogen-bond acceptors (Lipinski definition) is 2. The van der Waals surface area contributed by atoms with Crippen molar-refractivity contribution in [1.29, 1.82) is 0 Å². The topological polar surface area (TPSA) is 16.1 Å². The van der Waals surface area contributed by atoms with E-state index in [1.54, 1.807) is 0 Å². The molecule has 0 aromatic carbocycles. The van der Waals surface area contributed by atoms with Crippen molar-refractivity contribution in [3.05, 3.63) is 29.1 Å². The van der Waals surface area contributed by atoms with Crippen molar-refractivity contribution in [3.8, 4) is 0 Å². The molecule has 82 valence electrons. The quantitative estimate of drug-likeness (QED) is 0.645. The van der Waals surface area contributed by atoms with Crippen molar-refractivity contribution >= 4 is 0 Å². The molecule has 1 aliphatic heterocycles. The van der Waals surface area contributed by atoms with Gasteiger partial charge in [0, 0.05) is 19.3 Å². The van der Waals surface area contributed by atoms with E-state index >= 15 is 0 Å². The number of fused-ring (bicyclic) bond motifs is 1. The van der Waals surface area contributed by atoms with E-state index in [0.717, 1.165) is 19.5 Å². The molecule has 0 saturated heterocycles. The van der Waals surface area contributed by atoms with Crippen LogP contribution in [0.25, 0.3) is 0 Å². The van der Waals surface area contributed by atoms with Gasteiger partial charge in [-0.1, -0.05) is 20.8 Å². The molecule has 2 rings (SSSR count). The van der Waals surface area contributed by atoms with E-state index in [1.165, 1.54) is 16.8 Å². The summed E-state index contributed by atoms with van der Waals surface area (Å²) < 4.78 is 0. The van der Waals surface area contributed by atoms with E-state index in [2.05, 4.69) is 43.8 Å². The van der Waals surface area contributed by atoms with Crippen LogP contribution in [0.3, 0.4) is 0 Å². The van der Waals surface area contributed by atoms with Crippen LogP contribution in [0.5, 0.6) is 0 Å². The SMILES string of the molecule is CN1CCc2c(C(C)(C)C)ccnc2C1. The summed E-state index contributed by atoms with van der Waals surface area (Å²) in [5.74, 6) is 0. The summed E-state index contributed by atoms with van der Waals surface area (Å²) in [5, 5.41) is 0. The number of aromatic nitrogens is 1. The number of rotatable bonds is 0. The number of hydrogen-bond donors (Lipinski definition) is 0. The first-order valence-electron chi connectivity index (χ1n) is 5.64. The molecule has 0 N–H and O–H groups in total. The van der Waals surface area contributed by atoms with Gasteiger partial charge in [-0.3, -0.25) is 4.98 Å². The first kappa shape index (κ1) is 10.6. The van der Waals surface area contributed by atoms with Gasteiger partial charge < -0.3 is 4.90 Å². The van der Waals surface area contributed by atoms with Crippen molar-refractivity contribution in [2.75, 3.05) is 13.6 Å². The smallest absolute Gasteiger partial charge is 0.0579 e. The molecule has 0 bridgehead atoms. The van der Waals surface area contributed by atoms with E-state index in [9.17, 15) is 0 Å². The van der Waals surface area contributed by atoms with E-state index in [-0.39, 0.29) is 5.41 Å². The minimum atomic E-state index is 0.239. The van der Waals surface area contributed by atoms with Gasteiger partial charge in [0.1, 0.15) is 0 Å². The molecule has 1 aromatic rings. The zero-order valence-electron chi connectivity index (χ0n) is 10.2. The maximum Gasteiger partial charge on any atom is 0.0579 e. The monoisotopic (exact) mass is 204 g/mol. The first-order valence-corrected chi connectivity index (χ1v) is 5.64. The molecule has 0 fully saturated rings. The highest BCUT2D eigenvalue weighted by molar-refractivity contribution is 5.36. The number of pyridine rings is 1. The summed E-state index contributed by atoms with van der Waals surface area (Å²) in [6.07, 6.45) is 3.10. The summed E-state index contributed by atoms with van der Waals surface area (Å²) in [6, 6.07) is 2.18. The third-order valence-corrected chi connectivity index (χ3v) is 3.12. The second-order valence-electron chi connectivity index (χ2n) is 5.52. The van der Waals surface area contributed by atoms with Gasteiger partial charge in [0.15, 0.2) is 0 Å². The second-order valence-corrected chi connectivity index (χ2v) is 5.52. The fourth-order valence-corrected chi connectivity index (χ4v) is 2.29. The van der Waals surface area contributed by atoms with Crippen molar-refractivity contribution in [1.82, 2.24) is 9.88 Å². The normalized spacial score (nSPS) is 17.6. The lowest BCUT2D eigenvalue weighted by atomic mass is 9.82. The van der Waals surface area contributed by atoms with E-state index in [1.807, 2.05) is 6.20 Å². The van der Waals surface area contributed by atoms with Gasteiger partial charge in [0.25, 0.3) is 0 Å². The summed E-state index contributed by atoms with van der Waals surface area (Å²) >= 11 is 0. The highest BCUT2D eigenvalue weighted by atomic mass is 15.1. The Labute approximate surface area is 92.3 Å². The lowest BCUT2D eigenvalue weighted by Crippen LogP contribution is -2.30. The Morgan fingerprint density at radius 2 is 2.07 bits per heavy atom. The van der Waals surface area contributed by atoms with E-state index in [4.69, 9.17) is 0 Å². The molecular formula is C13H20N2. The van der Waals surface area contributed by atoms with E-state index < -0.39 is 0 Å². The second kappa shape index (κ2) is 3.60. The zero-order valence-corrected chi connectivity index (χ0v) is 10.2. The molecule has 0 atom stereocenters. The molecule has 1 aromatic heterocycles. The zero-order chi connectivity index (χ0) is 11.1. The van der Waals surface area contributed by atoms with Crippen LogP contribution in [0.4, 0.5) is 0 Å². The molecule has 1 aliphatic rings. The molecular weight excluding hydrogens is 184 g/mol. The molecule has 0 unspecified atom stereocenters. The van der Waals surface area contributed by atoms with E-state index in [0.29, 0.717) is 0 Å². The minimum absolute atomic E-state index is 0.239. The molecule has 15 heavy (non-hydrogen) atoms. The van der Waals surface area contributed by atoms with Gasteiger partial charge >= 0.3 is 0 Å². The molecule has 0 amide bonds. The summed E-state index contributed by atoms with van der Waals surface area (Å²) in [4.78, 5) is 6.84. The first-order chi connectivity index (χ1) is 6.98. The Balaban J connectivity index is 2.47. The maximum absolute atomic E-state index is 4.50. The van der Waals surface area contributed by atoms with Crippen molar-refractivity contribution in [2.45, 2.75) is 39.2 Å². The molecule has 0 aliphatic carbocycles. The molecule has 0 saturated carbocycles. The minimum Gasteiger partial charge on any atom is -0.300 e. The summed E-state index contributed by atoms with van der Waals surface area (Å²) in [7, 11) is 2.16. The van der Waals surface area contributed by atoms with Crippen molar-refractivity contribution in [3.63, 3.8) is 0 Å². The van der Waals surface area contributed by atoms with Crippen LogP contribution in [0.1, 0.15) is 37.6 Å². The lowest BCUT2D eigenvalue weighted by molar-refractivity contribution is 0.305. The van der Waals surface area contributed by atoms with Crippen LogP contribution in [-0.2, 0) is 18.4 Å². The predicted octanol–water partition coefficient (Wildman–Crippen LogP) is 2.37. The average molecular weight is 204 g/mol. The molecule has 2 nitrogen and oxygen atoms in total. The van der Waals surface area contributed by atoms with Gasteiger partial charge in [-0.05, 0) is 36.1 Å². The Morgan fingerprint density at radius 1 is 1.33 bits per heavy atom. The highest BCUT2D eigenvalue weighted by Crippen LogP contribution is 2.29. The van der Waals surface area contributed by atoms with Gasteiger partial charge in [-0.25, -0.2) is 0 Å². The standard InChI is InChI=1S/C13H20N2/c1-13(2,3)11-5-7-14-12-9-15(4)8-6-10(11)12/h5,7H,6,8-9H2,1-4H3. The van der Waals surface area contributed by atoms with Crippen LogP contribution in [0.2, 0.25) is 0 Å². The van der Waals surface area contributed by atoms with Crippen LogP contribution in [-0.4, -0.2) is 23.5 Å². The van der Waals surface area contributed by atoms with Crippen molar-refractivity contribution in [2.24, 2.45) is 0 Å². The van der Waals surface area contributed by atoms with Gasteiger partial charge in [0.05, 0.1) is 5.69 Å². The van der Waals surface area contributed by atoms with Gasteiger partial charge in [0.2, 0.25) is 0 Å². The summed E-state index contributed by atoms with van der Waals surface area (Å²) in [6.45, 7) is 8.99. The number of likely N-dealkylation sites (N-methyl/N-ethyl adjacent to an activating group) is 1. The van der Waals surface area contributed by atoms with Crippen LogP contribution in [0.15, 0.2) is 12.3 Å². The third-order valence-electron chi connectivity index (χ3n) is 3.12. The number of nitrogens with zero attached hydrogens (tertiary/aromatic N) is 2. The van der Waals surface area contributed by atoms with Crippen LogP contribution in [0, 0.1) is 0 Å². The van der Waals surface area contributed by atoms with Crippen molar-refractivity contribution < 1.29 is 0 Å². The fourth-order valence-electron chi connectivity index (χ4n) is 2.29. The summed E-state index contributed by atoms with van der Waals surface area (Å²) in [5.41, 5.74) is 4.48. The molecule has 0 radical (unpaired) electrons. The van der Waals surface area contributed by atoms with Crippen LogP contribution >= 0.6 is 0 Å². The third kappa shape index (κ3) is 2.05. The average Bonchev–Trinajstić information content (AvgIpc) is 2.15. The highest BCUT2D eigenvalue weighted by Gasteiger charge is 2.23. The lowest BCUT2D eigenvalue weighted by Gasteiger charge is -2.30. The molecule has 2 heterocycles. The molecule has 0 spiro atoms. The Hall–Kier alpha value is -0.890. The molecule has 2 heteroatoms. The van der Waals surface area contributed by atoms with Gasteiger partial charge in [-0.15, -0.1) is 0 Å². The Kier molecular flexibility index (Phi) is 2.55. The Morgan fingerprint density at radius 3 is 2.73 bits per heavy atom. The van der Waals surface area contributed by atoms with Crippen LogP contribution < -0.4 is 0 Å². The maximum atomic E-state index is 4.50.